The summed E-state index contributed by atoms with van der Waals surface area (Å²) in [5, 5.41) is 11.5. The molecule has 1 atom stereocenters. The van der Waals surface area contributed by atoms with Crippen LogP contribution in [0.15, 0.2) is 48.5 Å². The van der Waals surface area contributed by atoms with Gasteiger partial charge in [0.2, 0.25) is 5.91 Å². The van der Waals surface area contributed by atoms with Crippen LogP contribution in [-0.2, 0) is 19.1 Å². The molecular formula is C23H26N2O6. The van der Waals surface area contributed by atoms with Crippen molar-refractivity contribution in [1.82, 2.24) is 10.2 Å². The lowest BCUT2D eigenvalue weighted by Gasteiger charge is -2.24. The number of nitrogens with one attached hydrogen (secondary N) is 1. The number of carbonyl (C=O) groups is 3. The molecule has 31 heavy (non-hydrogen) atoms. The number of carboxylic acids is 1. The molecule has 0 fully saturated rings. The van der Waals surface area contributed by atoms with Crippen LogP contribution in [0.4, 0.5) is 4.79 Å². The van der Waals surface area contributed by atoms with Crippen LogP contribution in [0.1, 0.15) is 24.0 Å². The Kier molecular flexibility index (Phi) is 7.25. The second kappa shape index (κ2) is 10.1. The van der Waals surface area contributed by atoms with Gasteiger partial charge in [0, 0.05) is 19.6 Å². The van der Waals surface area contributed by atoms with Gasteiger partial charge in [0.25, 0.3) is 0 Å². The van der Waals surface area contributed by atoms with E-state index in [1.807, 2.05) is 48.5 Å². The molecule has 8 heteroatoms. The summed E-state index contributed by atoms with van der Waals surface area (Å²) in [7, 11) is 1.46. The van der Waals surface area contributed by atoms with E-state index >= 15 is 0 Å². The second-order valence-electron chi connectivity index (χ2n) is 7.34. The van der Waals surface area contributed by atoms with Crippen LogP contribution in [0.5, 0.6) is 0 Å². The molecule has 0 heterocycles. The van der Waals surface area contributed by atoms with Crippen molar-refractivity contribution >= 4 is 18.0 Å². The number of fused-ring (bicyclic) bond motifs is 3. The predicted molar refractivity (Wildman–Crippen MR) is 114 cm³/mol. The molecule has 0 aliphatic heterocycles. The summed E-state index contributed by atoms with van der Waals surface area (Å²) in [5.41, 5.74) is 4.43. The van der Waals surface area contributed by atoms with E-state index in [0.29, 0.717) is 0 Å². The third-order valence-corrected chi connectivity index (χ3v) is 5.25. The van der Waals surface area contributed by atoms with Crippen LogP contribution in [0.2, 0.25) is 0 Å². The van der Waals surface area contributed by atoms with E-state index in [2.05, 4.69) is 5.32 Å². The van der Waals surface area contributed by atoms with Crippen LogP contribution in [0.3, 0.4) is 0 Å². The molecule has 0 saturated carbocycles. The molecule has 2 aromatic rings. The van der Waals surface area contributed by atoms with Crippen LogP contribution in [0.25, 0.3) is 11.1 Å². The number of methoxy groups -OCH3 is 1. The number of carbonyl (C=O) groups excluding carboxylic acids is 2. The number of nitrogens with zero attached hydrogens (tertiary/aromatic N) is 1. The summed E-state index contributed by atoms with van der Waals surface area (Å²) >= 11 is 0. The van der Waals surface area contributed by atoms with E-state index in [9.17, 15) is 14.4 Å². The smallest absolute Gasteiger partial charge is 0.407 e. The van der Waals surface area contributed by atoms with Crippen LogP contribution in [-0.4, -0.2) is 67.4 Å². The van der Waals surface area contributed by atoms with E-state index in [1.165, 1.54) is 14.0 Å². The highest BCUT2D eigenvalue weighted by molar-refractivity contribution is 5.87. The van der Waals surface area contributed by atoms with Crippen molar-refractivity contribution in [3.05, 3.63) is 59.7 Å². The van der Waals surface area contributed by atoms with Crippen LogP contribution in [0, 0.1) is 0 Å². The number of benzene rings is 2. The lowest BCUT2D eigenvalue weighted by atomic mass is 9.98. The first-order valence-corrected chi connectivity index (χ1v) is 10.0. The number of rotatable bonds is 9. The number of alkyl carbamates (subject to hydrolysis) is 1. The molecule has 1 aliphatic carbocycles. The highest BCUT2D eigenvalue weighted by Gasteiger charge is 2.30. The van der Waals surface area contributed by atoms with Gasteiger partial charge >= 0.3 is 12.1 Å². The summed E-state index contributed by atoms with van der Waals surface area (Å²) in [6.45, 7) is 1.45. The van der Waals surface area contributed by atoms with E-state index in [0.717, 1.165) is 27.2 Å². The molecule has 0 bridgehead atoms. The number of carboxylic acid groups (broad SMARTS) is 1. The van der Waals surface area contributed by atoms with Crippen molar-refractivity contribution in [1.29, 1.82) is 0 Å². The zero-order valence-electron chi connectivity index (χ0n) is 17.5. The average Bonchev–Trinajstić information content (AvgIpc) is 3.08. The molecule has 8 nitrogen and oxygen atoms in total. The fourth-order valence-electron chi connectivity index (χ4n) is 3.78. The Labute approximate surface area is 180 Å². The van der Waals surface area contributed by atoms with Gasteiger partial charge in [-0.2, -0.15) is 0 Å². The maximum Gasteiger partial charge on any atom is 0.407 e. The van der Waals surface area contributed by atoms with Crippen molar-refractivity contribution in [2.45, 2.75) is 18.9 Å². The SMILES string of the molecule is COCCN(CC(=O)O)C(=O)[C@@H](C)NC(=O)OCC1c2ccccc2-c2ccccc21. The predicted octanol–water partition coefficient (Wildman–Crippen LogP) is 2.47. The summed E-state index contributed by atoms with van der Waals surface area (Å²) in [5.74, 6) is -1.75. The third-order valence-electron chi connectivity index (χ3n) is 5.25. The van der Waals surface area contributed by atoms with E-state index in [1.54, 1.807) is 0 Å². The first-order valence-electron chi connectivity index (χ1n) is 10.0. The van der Waals surface area contributed by atoms with Gasteiger partial charge in [0.15, 0.2) is 0 Å². The quantitative estimate of drug-likeness (QED) is 0.638. The minimum Gasteiger partial charge on any atom is -0.480 e. The molecule has 3 rings (SSSR count). The lowest BCUT2D eigenvalue weighted by Crippen LogP contribution is -2.49. The number of amides is 2. The largest absolute Gasteiger partial charge is 0.480 e. The Balaban J connectivity index is 1.61. The molecule has 164 valence electrons. The third kappa shape index (κ3) is 5.21. The standard InChI is InChI=1S/C23H26N2O6/c1-15(22(28)25(11-12-30-2)13-21(26)27)24-23(29)31-14-20-18-9-5-3-7-16(18)17-8-4-6-10-19(17)20/h3-10,15,20H,11-14H2,1-2H3,(H,24,29)(H,26,27)/t15-/m1/s1. The van der Waals surface area contributed by atoms with Gasteiger partial charge in [-0.3, -0.25) is 9.59 Å². The number of aliphatic carboxylic acids is 1. The van der Waals surface area contributed by atoms with Gasteiger partial charge in [-0.05, 0) is 29.2 Å². The van der Waals surface area contributed by atoms with Crippen molar-refractivity contribution in [3.8, 4) is 11.1 Å². The van der Waals surface area contributed by atoms with Crippen molar-refractivity contribution in [2.24, 2.45) is 0 Å². The van der Waals surface area contributed by atoms with Gasteiger partial charge in [-0.1, -0.05) is 48.5 Å². The molecule has 2 N–H and O–H groups in total. The second-order valence-corrected chi connectivity index (χ2v) is 7.34. The zero-order chi connectivity index (χ0) is 22.4. The van der Waals surface area contributed by atoms with Gasteiger partial charge in [0.1, 0.15) is 19.2 Å². The fourth-order valence-corrected chi connectivity index (χ4v) is 3.78. The van der Waals surface area contributed by atoms with Crippen LogP contribution < -0.4 is 5.32 Å². The van der Waals surface area contributed by atoms with Gasteiger partial charge < -0.3 is 24.8 Å². The Morgan fingerprint density at radius 3 is 2.19 bits per heavy atom. The zero-order valence-corrected chi connectivity index (χ0v) is 17.5. The number of ether oxygens (including phenoxy) is 2. The lowest BCUT2D eigenvalue weighted by molar-refractivity contribution is -0.145. The molecule has 0 radical (unpaired) electrons. The Morgan fingerprint density at radius 1 is 1.06 bits per heavy atom. The molecule has 2 amide bonds. The average molecular weight is 426 g/mol. The van der Waals surface area contributed by atoms with E-state index in [4.69, 9.17) is 14.6 Å². The van der Waals surface area contributed by atoms with E-state index in [-0.39, 0.29) is 25.7 Å². The molecule has 0 saturated heterocycles. The van der Waals surface area contributed by atoms with Crippen molar-refractivity contribution in [3.63, 3.8) is 0 Å². The van der Waals surface area contributed by atoms with Crippen molar-refractivity contribution < 1.29 is 29.0 Å². The Bertz CT molecular complexity index is 915. The highest BCUT2D eigenvalue weighted by atomic mass is 16.5. The topological polar surface area (TPSA) is 105 Å². The fraction of sp³-hybridized carbons (Fsp3) is 0.348. The molecule has 0 spiro atoms. The monoisotopic (exact) mass is 426 g/mol. The normalized spacial score (nSPS) is 13.1. The Hall–Kier alpha value is -3.39. The molecule has 0 aromatic heterocycles. The Morgan fingerprint density at radius 2 is 1.65 bits per heavy atom. The summed E-state index contributed by atoms with van der Waals surface area (Å²) < 4.78 is 10.4. The number of hydrogen-bond acceptors (Lipinski definition) is 5. The highest BCUT2D eigenvalue weighted by Crippen LogP contribution is 2.44. The molecule has 0 unspecified atom stereocenters. The van der Waals surface area contributed by atoms with E-state index < -0.39 is 30.6 Å². The number of hydrogen-bond donors (Lipinski definition) is 2. The van der Waals surface area contributed by atoms with Gasteiger partial charge in [-0.25, -0.2) is 4.79 Å². The summed E-state index contributed by atoms with van der Waals surface area (Å²) in [6, 6.07) is 15.1. The van der Waals surface area contributed by atoms with Gasteiger partial charge in [0.05, 0.1) is 6.61 Å². The van der Waals surface area contributed by atoms with Crippen LogP contribution >= 0.6 is 0 Å². The maximum atomic E-state index is 12.5. The molecular weight excluding hydrogens is 400 g/mol. The van der Waals surface area contributed by atoms with Gasteiger partial charge in [-0.15, -0.1) is 0 Å². The first-order chi connectivity index (χ1) is 14.9. The summed E-state index contributed by atoms with van der Waals surface area (Å²) in [4.78, 5) is 37.0. The van der Waals surface area contributed by atoms with Crippen molar-refractivity contribution in [2.75, 3.05) is 33.4 Å². The first kappa shape index (κ1) is 22.3. The minimum atomic E-state index is -1.14. The summed E-state index contributed by atoms with van der Waals surface area (Å²) in [6.07, 6.45) is -0.732. The minimum absolute atomic E-state index is 0.0885. The molecule has 2 aromatic carbocycles. The maximum absolute atomic E-state index is 12.5. The molecule has 1 aliphatic rings.